The molecule has 4 heteroatoms. The number of anilines is 7. The van der Waals surface area contributed by atoms with E-state index in [1.807, 2.05) is 0 Å². The van der Waals surface area contributed by atoms with Crippen LogP contribution >= 0.6 is 0 Å². The highest BCUT2D eigenvalue weighted by atomic mass is 15.2. The molecule has 0 N–H and O–H groups in total. The van der Waals surface area contributed by atoms with Crippen LogP contribution in [0.15, 0.2) is 236 Å². The molecule has 0 spiro atoms. The van der Waals surface area contributed by atoms with E-state index in [-0.39, 0.29) is 5.92 Å². The SMILES string of the molecule is Cc1ccc(N(C2=CC=C3C(C2)c2ccccc2N3c2ccccc2)c2ccc(-c3ccc(N(c4ccc(C)cc4)c4ccc5c(c4)c4ccccc4n5C4=CC=CCC4)cc3)cc2)cc1. The second kappa shape index (κ2) is 16.5. The highest BCUT2D eigenvalue weighted by Gasteiger charge is 2.37. The minimum atomic E-state index is 0.255. The van der Waals surface area contributed by atoms with Gasteiger partial charge in [-0.3, -0.25) is 0 Å². The number of nitrogens with zero attached hydrogens (tertiary/aromatic N) is 4. The predicted molar refractivity (Wildman–Crippen MR) is 279 cm³/mol. The number of hydrogen-bond acceptors (Lipinski definition) is 3. The summed E-state index contributed by atoms with van der Waals surface area (Å²) in [6.07, 6.45) is 14.4. The molecule has 0 saturated carbocycles. The van der Waals surface area contributed by atoms with Crippen molar-refractivity contribution in [1.29, 1.82) is 0 Å². The first-order valence-corrected chi connectivity index (χ1v) is 23.2. The minimum Gasteiger partial charge on any atom is -0.314 e. The number of para-hydroxylation sites is 3. The summed E-state index contributed by atoms with van der Waals surface area (Å²) in [6.45, 7) is 4.31. The number of fused-ring (bicyclic) bond motifs is 6. The highest BCUT2D eigenvalue weighted by Crippen LogP contribution is 2.53. The molecule has 1 aliphatic heterocycles. The minimum absolute atomic E-state index is 0.255. The smallest absolute Gasteiger partial charge is 0.0539 e. The second-order valence-corrected chi connectivity index (χ2v) is 17.9. The molecular weight excluding hydrogens is 801 g/mol. The Hall–Kier alpha value is -8.08. The molecule has 1 atom stereocenters. The van der Waals surface area contributed by atoms with Crippen molar-refractivity contribution in [2.45, 2.75) is 39.0 Å². The van der Waals surface area contributed by atoms with Gasteiger partial charge >= 0.3 is 0 Å². The van der Waals surface area contributed by atoms with Gasteiger partial charge in [0.2, 0.25) is 0 Å². The Kier molecular flexibility index (Phi) is 9.87. The Balaban J connectivity index is 0.883. The fourth-order valence-corrected chi connectivity index (χ4v) is 10.4. The van der Waals surface area contributed by atoms with Crippen LogP contribution in [0.5, 0.6) is 0 Å². The van der Waals surface area contributed by atoms with Gasteiger partial charge in [0, 0.05) is 80.0 Å². The van der Waals surface area contributed by atoms with Gasteiger partial charge in [0.25, 0.3) is 0 Å². The van der Waals surface area contributed by atoms with Crippen LogP contribution < -0.4 is 14.7 Å². The predicted octanol–water partition coefficient (Wildman–Crippen LogP) is 17.0. The molecular formula is C62H50N4. The summed E-state index contributed by atoms with van der Waals surface area (Å²) in [5, 5.41) is 2.53. The third kappa shape index (κ3) is 6.94. The molecule has 0 amide bonds. The molecule has 3 aliphatic rings. The lowest BCUT2D eigenvalue weighted by atomic mass is 9.89. The average molecular weight is 851 g/mol. The van der Waals surface area contributed by atoms with E-state index in [4.69, 9.17) is 0 Å². The van der Waals surface area contributed by atoms with E-state index >= 15 is 0 Å². The van der Waals surface area contributed by atoms with Gasteiger partial charge in [-0.1, -0.05) is 126 Å². The molecule has 66 heavy (non-hydrogen) atoms. The van der Waals surface area contributed by atoms with E-state index in [1.165, 1.54) is 78.1 Å². The molecule has 318 valence electrons. The standard InChI is InChI=1S/C62H50N4/c1-43-21-29-49(30-22-43)63(53-37-39-61-57(41-53)55-17-9-11-19-59(55)65(61)47-13-5-3-6-14-47)51-33-25-45(26-34-51)46-27-35-52(36-28-46)64(50-31-23-44(2)24-32-50)54-38-40-62-58(42-54)56-18-10-12-20-60(56)66(62)48-15-7-4-8-16-48/h3-7,9-15,17-40,42,57H,8,16,41H2,1-2H3. The van der Waals surface area contributed by atoms with Crippen molar-refractivity contribution in [1.82, 2.24) is 4.57 Å². The van der Waals surface area contributed by atoms with Crippen molar-refractivity contribution in [3.8, 4) is 11.1 Å². The van der Waals surface area contributed by atoms with Crippen LogP contribution in [0.25, 0.3) is 38.6 Å². The number of rotatable bonds is 9. The monoisotopic (exact) mass is 850 g/mol. The summed E-state index contributed by atoms with van der Waals surface area (Å²) in [6, 6.07) is 71.5. The Morgan fingerprint density at radius 2 is 1.06 bits per heavy atom. The fourth-order valence-electron chi connectivity index (χ4n) is 10.4. The number of hydrogen-bond donors (Lipinski definition) is 0. The molecule has 0 saturated heterocycles. The van der Waals surface area contributed by atoms with Crippen LogP contribution in [0.3, 0.4) is 0 Å². The van der Waals surface area contributed by atoms with Gasteiger partial charge < -0.3 is 19.3 Å². The maximum atomic E-state index is 2.46. The maximum absolute atomic E-state index is 2.46. The molecule has 1 aromatic heterocycles. The lowest BCUT2D eigenvalue weighted by Gasteiger charge is -2.33. The van der Waals surface area contributed by atoms with Gasteiger partial charge in [-0.15, -0.1) is 0 Å². The van der Waals surface area contributed by atoms with E-state index in [0.717, 1.165) is 47.7 Å². The molecule has 2 aliphatic carbocycles. The lowest BCUT2D eigenvalue weighted by molar-refractivity contribution is 0.768. The first-order valence-electron chi connectivity index (χ1n) is 23.2. The van der Waals surface area contributed by atoms with E-state index in [0.29, 0.717) is 0 Å². The van der Waals surface area contributed by atoms with Gasteiger partial charge in [0.05, 0.1) is 11.0 Å². The first-order chi connectivity index (χ1) is 32.6. The Morgan fingerprint density at radius 3 is 1.73 bits per heavy atom. The van der Waals surface area contributed by atoms with E-state index < -0.39 is 0 Å². The van der Waals surface area contributed by atoms with Crippen molar-refractivity contribution < 1.29 is 0 Å². The van der Waals surface area contributed by atoms with Crippen molar-refractivity contribution >= 4 is 67.3 Å². The van der Waals surface area contributed by atoms with Gasteiger partial charge in [-0.25, -0.2) is 0 Å². The molecule has 9 aromatic rings. The third-order valence-corrected chi connectivity index (χ3v) is 13.7. The van der Waals surface area contributed by atoms with Gasteiger partial charge in [0.15, 0.2) is 0 Å². The van der Waals surface area contributed by atoms with E-state index in [2.05, 4.69) is 258 Å². The zero-order valence-corrected chi connectivity index (χ0v) is 37.3. The highest BCUT2D eigenvalue weighted by molar-refractivity contribution is 6.11. The van der Waals surface area contributed by atoms with Crippen LogP contribution in [-0.4, -0.2) is 4.57 Å². The van der Waals surface area contributed by atoms with E-state index in [1.54, 1.807) is 0 Å². The van der Waals surface area contributed by atoms with Crippen LogP contribution in [0.4, 0.5) is 39.8 Å². The van der Waals surface area contributed by atoms with Crippen LogP contribution in [0.1, 0.15) is 41.9 Å². The third-order valence-electron chi connectivity index (χ3n) is 13.7. The lowest BCUT2D eigenvalue weighted by Crippen LogP contribution is -2.22. The summed E-state index contributed by atoms with van der Waals surface area (Å²) >= 11 is 0. The van der Waals surface area contributed by atoms with Gasteiger partial charge in [-0.05, 0) is 153 Å². The number of aryl methyl sites for hydroxylation is 2. The maximum Gasteiger partial charge on any atom is 0.0539 e. The molecule has 0 radical (unpaired) electrons. The molecule has 12 rings (SSSR count). The Bertz CT molecular complexity index is 3390. The molecule has 4 nitrogen and oxygen atoms in total. The van der Waals surface area contributed by atoms with Crippen LogP contribution in [0.2, 0.25) is 0 Å². The first kappa shape index (κ1) is 39.5. The summed E-state index contributed by atoms with van der Waals surface area (Å²) < 4.78 is 2.46. The summed E-state index contributed by atoms with van der Waals surface area (Å²) in [5.41, 5.74) is 20.8. The number of benzene rings is 8. The topological polar surface area (TPSA) is 14.7 Å². The quantitative estimate of drug-likeness (QED) is 0.144. The average Bonchev–Trinajstić information content (AvgIpc) is 3.89. The van der Waals surface area contributed by atoms with E-state index in [9.17, 15) is 0 Å². The van der Waals surface area contributed by atoms with Crippen molar-refractivity contribution in [3.63, 3.8) is 0 Å². The van der Waals surface area contributed by atoms with Crippen LogP contribution in [-0.2, 0) is 0 Å². The Morgan fingerprint density at radius 1 is 0.485 bits per heavy atom. The van der Waals surface area contributed by atoms with Crippen LogP contribution in [0, 0.1) is 13.8 Å². The zero-order valence-electron chi connectivity index (χ0n) is 37.3. The number of allylic oxidation sites excluding steroid dienone is 8. The van der Waals surface area contributed by atoms with Crippen molar-refractivity contribution in [3.05, 3.63) is 253 Å². The molecule has 8 aromatic carbocycles. The zero-order chi connectivity index (χ0) is 44.1. The van der Waals surface area contributed by atoms with Gasteiger partial charge in [0.1, 0.15) is 0 Å². The van der Waals surface area contributed by atoms with Crippen molar-refractivity contribution in [2.24, 2.45) is 0 Å². The summed E-state index contributed by atoms with van der Waals surface area (Å²) in [7, 11) is 0. The molecule has 2 heterocycles. The summed E-state index contributed by atoms with van der Waals surface area (Å²) in [5.74, 6) is 0.255. The Labute approximate surface area is 387 Å². The fraction of sp³-hybridized carbons (Fsp3) is 0.0968. The second-order valence-electron chi connectivity index (χ2n) is 17.9. The van der Waals surface area contributed by atoms with Gasteiger partial charge in [-0.2, -0.15) is 0 Å². The van der Waals surface area contributed by atoms with Crippen molar-refractivity contribution in [2.75, 3.05) is 14.7 Å². The normalized spacial score (nSPS) is 15.3. The largest absolute Gasteiger partial charge is 0.314 e. The molecule has 0 bridgehead atoms. The molecule has 0 fully saturated rings. The number of aromatic nitrogens is 1. The molecule has 1 unspecified atom stereocenters. The summed E-state index contributed by atoms with van der Waals surface area (Å²) in [4.78, 5) is 7.28.